The number of nitrogens with zero attached hydrogens (tertiary/aromatic N) is 1. The Hall–Kier alpha value is -3.67. The van der Waals surface area contributed by atoms with Crippen LogP contribution in [0.25, 0.3) is 0 Å². The molecule has 0 bridgehead atoms. The normalized spacial score (nSPS) is 10.2. The first-order chi connectivity index (χ1) is 12.6. The molecule has 6 heteroatoms. The minimum Gasteiger partial charge on any atom is -0.310 e. The Labute approximate surface area is 150 Å². The Kier molecular flexibility index (Phi) is 5.24. The third kappa shape index (κ3) is 4.24. The topological polar surface area (TPSA) is 80.2 Å². The lowest BCUT2D eigenvalue weighted by Gasteiger charge is -2.10. The minimum absolute atomic E-state index is 0.210. The number of nitrogens with one attached hydrogen (secondary N) is 2. The molecule has 26 heavy (non-hydrogen) atoms. The number of benzene rings is 2. The van der Waals surface area contributed by atoms with E-state index in [1.54, 1.807) is 30.3 Å². The van der Waals surface area contributed by atoms with E-state index < -0.39 is 11.8 Å². The van der Waals surface area contributed by atoms with Crippen molar-refractivity contribution in [3.63, 3.8) is 0 Å². The Morgan fingerprint density at radius 1 is 0.731 bits per heavy atom. The van der Waals surface area contributed by atoms with E-state index in [9.17, 15) is 14.4 Å². The first kappa shape index (κ1) is 17.2. The highest BCUT2D eigenvalue weighted by Crippen LogP contribution is 2.03. The third-order valence-corrected chi connectivity index (χ3v) is 3.77. The lowest BCUT2D eigenvalue weighted by atomic mass is 10.2. The van der Waals surface area contributed by atoms with Crippen LogP contribution in [0.5, 0.6) is 0 Å². The van der Waals surface area contributed by atoms with Crippen molar-refractivity contribution < 1.29 is 9.59 Å². The van der Waals surface area contributed by atoms with Gasteiger partial charge in [0.25, 0.3) is 17.4 Å². The maximum atomic E-state index is 12.3. The van der Waals surface area contributed by atoms with Gasteiger partial charge < -0.3 is 4.57 Å². The summed E-state index contributed by atoms with van der Waals surface area (Å²) in [5, 5.41) is 0. The zero-order chi connectivity index (χ0) is 18.4. The number of hydrogen-bond acceptors (Lipinski definition) is 3. The van der Waals surface area contributed by atoms with Crippen LogP contribution in [-0.2, 0) is 6.54 Å². The van der Waals surface area contributed by atoms with Gasteiger partial charge in [0.05, 0.1) is 12.1 Å². The summed E-state index contributed by atoms with van der Waals surface area (Å²) in [5.74, 6) is -0.923. The summed E-state index contributed by atoms with van der Waals surface area (Å²) >= 11 is 0. The van der Waals surface area contributed by atoms with Gasteiger partial charge in [-0.3, -0.25) is 25.2 Å². The van der Waals surface area contributed by atoms with E-state index in [0.29, 0.717) is 12.1 Å². The molecule has 1 aromatic heterocycles. The summed E-state index contributed by atoms with van der Waals surface area (Å²) in [6.07, 6.45) is 1.47. The highest BCUT2D eigenvalue weighted by atomic mass is 16.2. The van der Waals surface area contributed by atoms with Crippen LogP contribution in [0, 0.1) is 0 Å². The number of rotatable bonds is 4. The van der Waals surface area contributed by atoms with Crippen LogP contribution >= 0.6 is 0 Å². The number of amides is 2. The van der Waals surface area contributed by atoms with E-state index in [-0.39, 0.29) is 11.1 Å². The van der Waals surface area contributed by atoms with E-state index in [1.165, 1.54) is 22.9 Å². The van der Waals surface area contributed by atoms with Crippen molar-refractivity contribution in [1.82, 2.24) is 15.4 Å². The number of carbonyl (C=O) groups excluding carboxylic acids is 2. The van der Waals surface area contributed by atoms with Crippen LogP contribution < -0.4 is 16.4 Å². The molecule has 0 aliphatic carbocycles. The van der Waals surface area contributed by atoms with Gasteiger partial charge in [-0.05, 0) is 23.8 Å². The molecular weight excluding hydrogens is 330 g/mol. The van der Waals surface area contributed by atoms with Crippen LogP contribution in [0.2, 0.25) is 0 Å². The lowest BCUT2D eigenvalue weighted by Crippen LogP contribution is -2.42. The molecule has 0 spiro atoms. The van der Waals surface area contributed by atoms with Crippen molar-refractivity contribution >= 4 is 11.8 Å². The van der Waals surface area contributed by atoms with E-state index >= 15 is 0 Å². The Bertz CT molecular complexity index is 966. The summed E-state index contributed by atoms with van der Waals surface area (Å²) in [6.45, 7) is 0.358. The molecule has 0 fully saturated rings. The minimum atomic E-state index is -0.504. The van der Waals surface area contributed by atoms with Crippen LogP contribution in [0.4, 0.5) is 0 Å². The predicted molar refractivity (Wildman–Crippen MR) is 97.6 cm³/mol. The van der Waals surface area contributed by atoms with E-state index in [4.69, 9.17) is 0 Å². The molecule has 0 aliphatic heterocycles. The molecule has 1 heterocycles. The molecule has 3 aromatic rings. The molecule has 0 radical (unpaired) electrons. The zero-order valence-corrected chi connectivity index (χ0v) is 13.9. The number of carbonyl (C=O) groups is 2. The third-order valence-electron chi connectivity index (χ3n) is 3.77. The molecule has 2 N–H and O–H groups in total. The summed E-state index contributed by atoms with van der Waals surface area (Å²) in [7, 11) is 0. The summed E-state index contributed by atoms with van der Waals surface area (Å²) in [4.78, 5) is 36.2. The molecule has 0 aliphatic rings. The van der Waals surface area contributed by atoms with Crippen molar-refractivity contribution in [2.75, 3.05) is 0 Å². The van der Waals surface area contributed by atoms with Gasteiger partial charge in [-0.15, -0.1) is 0 Å². The van der Waals surface area contributed by atoms with Gasteiger partial charge in [0.1, 0.15) is 0 Å². The molecular formula is C20H17N3O3. The maximum absolute atomic E-state index is 12.3. The number of aromatic nitrogens is 1. The highest BCUT2D eigenvalue weighted by molar-refractivity contribution is 5.98. The van der Waals surface area contributed by atoms with Gasteiger partial charge in [0, 0.05) is 17.8 Å². The Morgan fingerprint density at radius 2 is 1.31 bits per heavy atom. The fraction of sp³-hybridized carbons (Fsp3) is 0.0500. The molecule has 0 unspecified atom stereocenters. The van der Waals surface area contributed by atoms with E-state index in [1.807, 2.05) is 30.3 Å². The van der Waals surface area contributed by atoms with Crippen LogP contribution in [0.15, 0.2) is 83.8 Å². The highest BCUT2D eigenvalue weighted by Gasteiger charge is 2.10. The molecule has 0 atom stereocenters. The first-order valence-electron chi connectivity index (χ1n) is 8.03. The zero-order valence-electron chi connectivity index (χ0n) is 13.9. The standard InChI is InChI=1S/C20H17N3O3/c24-18-12-11-17(14-23(18)13-15-7-3-1-4-8-15)20(26)22-21-19(25)16-9-5-2-6-10-16/h1-12,14H,13H2,(H,21,25)(H,22,26). The summed E-state index contributed by atoms with van der Waals surface area (Å²) in [5.41, 5.74) is 6.15. The largest absolute Gasteiger partial charge is 0.310 e. The van der Waals surface area contributed by atoms with Crippen molar-refractivity contribution in [1.29, 1.82) is 0 Å². The second kappa shape index (κ2) is 7.94. The number of pyridine rings is 1. The van der Waals surface area contributed by atoms with Gasteiger partial charge >= 0.3 is 0 Å². The predicted octanol–water partition coefficient (Wildman–Crippen LogP) is 1.97. The molecule has 6 nitrogen and oxygen atoms in total. The maximum Gasteiger partial charge on any atom is 0.271 e. The lowest BCUT2D eigenvalue weighted by molar-refractivity contribution is 0.0846. The first-order valence-corrected chi connectivity index (χ1v) is 8.03. The second-order valence-corrected chi connectivity index (χ2v) is 5.64. The molecule has 2 amide bonds. The summed E-state index contributed by atoms with van der Waals surface area (Å²) < 4.78 is 1.45. The average Bonchev–Trinajstić information content (AvgIpc) is 2.69. The van der Waals surface area contributed by atoms with Crippen molar-refractivity contribution in [3.05, 3.63) is 106 Å². The SMILES string of the molecule is O=C(NNC(=O)c1ccc(=O)n(Cc2ccccc2)c1)c1ccccc1. The monoisotopic (exact) mass is 347 g/mol. The molecule has 130 valence electrons. The van der Waals surface area contributed by atoms with Gasteiger partial charge in [-0.1, -0.05) is 48.5 Å². The fourth-order valence-corrected chi connectivity index (χ4v) is 2.42. The quantitative estimate of drug-likeness (QED) is 0.708. The van der Waals surface area contributed by atoms with Crippen molar-refractivity contribution in [2.24, 2.45) is 0 Å². The van der Waals surface area contributed by atoms with Gasteiger partial charge in [-0.2, -0.15) is 0 Å². The van der Waals surface area contributed by atoms with Gasteiger partial charge in [-0.25, -0.2) is 0 Å². The van der Waals surface area contributed by atoms with E-state index in [0.717, 1.165) is 5.56 Å². The second-order valence-electron chi connectivity index (χ2n) is 5.64. The summed E-state index contributed by atoms with van der Waals surface area (Å²) in [6, 6.07) is 20.8. The number of hydrogen-bond donors (Lipinski definition) is 2. The van der Waals surface area contributed by atoms with Crippen molar-refractivity contribution in [2.45, 2.75) is 6.54 Å². The molecule has 3 rings (SSSR count). The average molecular weight is 347 g/mol. The van der Waals surface area contributed by atoms with Crippen molar-refractivity contribution in [3.8, 4) is 0 Å². The molecule has 0 saturated carbocycles. The van der Waals surface area contributed by atoms with Gasteiger partial charge in [0.15, 0.2) is 0 Å². The molecule has 0 saturated heterocycles. The van der Waals surface area contributed by atoms with Crippen LogP contribution in [0.1, 0.15) is 26.3 Å². The fourth-order valence-electron chi connectivity index (χ4n) is 2.42. The van der Waals surface area contributed by atoms with E-state index in [2.05, 4.69) is 10.9 Å². The van der Waals surface area contributed by atoms with Crippen LogP contribution in [0.3, 0.4) is 0 Å². The number of hydrazine groups is 1. The smallest absolute Gasteiger partial charge is 0.271 e. The van der Waals surface area contributed by atoms with Crippen LogP contribution in [-0.4, -0.2) is 16.4 Å². The Morgan fingerprint density at radius 3 is 1.96 bits per heavy atom. The Balaban J connectivity index is 1.69. The molecule has 2 aromatic carbocycles. The van der Waals surface area contributed by atoms with Gasteiger partial charge in [0.2, 0.25) is 0 Å².